The van der Waals surface area contributed by atoms with E-state index in [9.17, 15) is 4.79 Å². The highest BCUT2D eigenvalue weighted by Crippen LogP contribution is 2.30. The molecule has 4 heteroatoms. The van der Waals surface area contributed by atoms with Crippen LogP contribution >= 0.6 is 11.6 Å². The predicted octanol–water partition coefficient (Wildman–Crippen LogP) is 2.52. The first-order chi connectivity index (χ1) is 9.43. The van der Waals surface area contributed by atoms with E-state index in [1.54, 1.807) is 18.2 Å². The lowest BCUT2D eigenvalue weighted by Gasteiger charge is -2.20. The van der Waals surface area contributed by atoms with Crippen molar-refractivity contribution >= 4 is 17.5 Å². The summed E-state index contributed by atoms with van der Waals surface area (Å²) in [5, 5.41) is 0.496. The van der Waals surface area contributed by atoms with Crippen molar-refractivity contribution in [1.29, 1.82) is 0 Å². The molecule has 1 saturated heterocycles. The minimum absolute atomic E-state index is 0.0378. The number of hydrogen-bond donors (Lipinski definition) is 1. The third-order valence-corrected chi connectivity index (χ3v) is 3.82. The molecule has 2 N–H and O–H groups in total. The van der Waals surface area contributed by atoms with Crippen LogP contribution in [0.25, 0.3) is 0 Å². The Morgan fingerprint density at radius 1 is 1.50 bits per heavy atom. The van der Waals surface area contributed by atoms with Gasteiger partial charge < -0.3 is 10.6 Å². The summed E-state index contributed by atoms with van der Waals surface area (Å²) in [5.74, 6) is 5.69. The predicted molar refractivity (Wildman–Crippen MR) is 81.7 cm³/mol. The van der Waals surface area contributed by atoms with Gasteiger partial charge in [0, 0.05) is 24.2 Å². The van der Waals surface area contributed by atoms with E-state index < -0.39 is 0 Å². The van der Waals surface area contributed by atoms with Gasteiger partial charge in [-0.1, -0.05) is 37.3 Å². The molecule has 1 heterocycles. The molecule has 1 aliphatic heterocycles. The lowest BCUT2D eigenvalue weighted by Crippen LogP contribution is -2.30. The minimum Gasteiger partial charge on any atom is -0.338 e. The van der Waals surface area contributed by atoms with Crippen LogP contribution in [-0.2, 0) is 0 Å². The molecule has 0 aliphatic carbocycles. The number of nitrogens with two attached hydrogens (primary N) is 1. The van der Waals surface area contributed by atoms with Crippen molar-refractivity contribution in [1.82, 2.24) is 4.90 Å². The van der Waals surface area contributed by atoms with Crippen molar-refractivity contribution in [3.05, 3.63) is 34.3 Å². The van der Waals surface area contributed by atoms with Crippen molar-refractivity contribution < 1.29 is 4.79 Å². The van der Waals surface area contributed by atoms with E-state index in [0.717, 1.165) is 19.5 Å². The number of nitrogens with zero attached hydrogens (tertiary/aromatic N) is 1. The van der Waals surface area contributed by atoms with Gasteiger partial charge in [0.1, 0.15) is 0 Å². The Morgan fingerprint density at radius 3 is 2.80 bits per heavy atom. The van der Waals surface area contributed by atoms with Crippen molar-refractivity contribution in [2.75, 3.05) is 19.6 Å². The van der Waals surface area contributed by atoms with Crippen LogP contribution < -0.4 is 5.73 Å². The summed E-state index contributed by atoms with van der Waals surface area (Å²) in [6.07, 6.45) is 1.03. The number of carbonyl (C=O) groups is 1. The molecule has 1 aromatic rings. The molecule has 1 aliphatic rings. The molecule has 20 heavy (non-hydrogen) atoms. The third-order valence-electron chi connectivity index (χ3n) is 3.51. The second-order valence-electron chi connectivity index (χ2n) is 5.84. The smallest absolute Gasteiger partial charge is 0.253 e. The van der Waals surface area contributed by atoms with Crippen LogP contribution in [-0.4, -0.2) is 30.4 Å². The van der Waals surface area contributed by atoms with Crippen LogP contribution in [0.4, 0.5) is 0 Å². The summed E-state index contributed by atoms with van der Waals surface area (Å²) in [6.45, 7) is 6.24. The lowest BCUT2D eigenvalue weighted by molar-refractivity contribution is 0.0778. The maximum atomic E-state index is 12.4. The Balaban J connectivity index is 2.18. The number of benzene rings is 1. The summed E-state index contributed by atoms with van der Waals surface area (Å²) in [6, 6.07) is 5.25. The van der Waals surface area contributed by atoms with E-state index >= 15 is 0 Å². The number of amides is 1. The highest BCUT2D eigenvalue weighted by molar-refractivity contribution is 6.32. The maximum Gasteiger partial charge on any atom is 0.253 e. The van der Waals surface area contributed by atoms with E-state index in [-0.39, 0.29) is 11.3 Å². The number of halogens is 1. The molecule has 2 rings (SSSR count). The number of likely N-dealkylation sites (tertiary alicyclic amines) is 1. The molecule has 3 nitrogen and oxygen atoms in total. The highest BCUT2D eigenvalue weighted by Gasteiger charge is 2.32. The highest BCUT2D eigenvalue weighted by atomic mass is 35.5. The fraction of sp³-hybridized carbons (Fsp3) is 0.438. The Hall–Kier alpha value is -1.50. The topological polar surface area (TPSA) is 46.3 Å². The van der Waals surface area contributed by atoms with Crippen LogP contribution in [0.2, 0.25) is 5.02 Å². The fourth-order valence-corrected chi connectivity index (χ4v) is 2.59. The lowest BCUT2D eigenvalue weighted by atomic mass is 9.93. The molecule has 1 aromatic carbocycles. The quantitative estimate of drug-likeness (QED) is 0.808. The molecule has 0 spiro atoms. The van der Waals surface area contributed by atoms with Crippen molar-refractivity contribution in [2.45, 2.75) is 20.3 Å². The zero-order valence-electron chi connectivity index (χ0n) is 11.9. The summed E-state index contributed by atoms with van der Waals surface area (Å²) in [5.41, 5.74) is 6.86. The van der Waals surface area contributed by atoms with Gasteiger partial charge in [0.05, 0.1) is 11.6 Å². The van der Waals surface area contributed by atoms with Crippen LogP contribution in [0.5, 0.6) is 0 Å². The van der Waals surface area contributed by atoms with Gasteiger partial charge in [0.25, 0.3) is 5.91 Å². The monoisotopic (exact) mass is 290 g/mol. The molecule has 0 saturated carbocycles. The largest absolute Gasteiger partial charge is 0.338 e. The number of hydrogen-bond acceptors (Lipinski definition) is 2. The first kappa shape index (κ1) is 14.9. The van der Waals surface area contributed by atoms with Gasteiger partial charge in [-0.3, -0.25) is 4.79 Å². The molecule has 0 bridgehead atoms. The molecule has 1 fully saturated rings. The zero-order valence-corrected chi connectivity index (χ0v) is 12.6. The van der Waals surface area contributed by atoms with Crippen LogP contribution in [0.15, 0.2) is 18.2 Å². The first-order valence-electron chi connectivity index (χ1n) is 6.71. The Labute approximate surface area is 125 Å². The third kappa shape index (κ3) is 3.33. The molecule has 0 atom stereocenters. The van der Waals surface area contributed by atoms with Gasteiger partial charge in [-0.2, -0.15) is 0 Å². The van der Waals surface area contributed by atoms with Crippen LogP contribution in [0.1, 0.15) is 36.2 Å². The van der Waals surface area contributed by atoms with E-state index in [4.69, 9.17) is 17.3 Å². The standard InChI is InChI=1S/C16H19ClN2O/c1-16(2)7-9-19(11-16)15(20)13-6-5-12(4-3-8-18)14(17)10-13/h5-6,10H,7-9,11,18H2,1-2H3. The van der Waals surface area contributed by atoms with Crippen molar-refractivity contribution in [3.8, 4) is 11.8 Å². The van der Waals surface area contributed by atoms with Crippen molar-refractivity contribution in [3.63, 3.8) is 0 Å². The molecule has 106 valence electrons. The molecular weight excluding hydrogens is 272 g/mol. The number of rotatable bonds is 1. The molecule has 0 unspecified atom stereocenters. The second-order valence-corrected chi connectivity index (χ2v) is 6.25. The summed E-state index contributed by atoms with van der Waals surface area (Å²) in [7, 11) is 0. The zero-order chi connectivity index (χ0) is 14.8. The number of carbonyl (C=O) groups excluding carboxylic acids is 1. The summed E-state index contributed by atoms with van der Waals surface area (Å²) in [4.78, 5) is 14.3. The van der Waals surface area contributed by atoms with Crippen LogP contribution in [0, 0.1) is 17.3 Å². The minimum atomic E-state index is 0.0378. The van der Waals surface area contributed by atoms with Gasteiger partial charge >= 0.3 is 0 Å². The Kier molecular flexibility index (Phi) is 4.37. The van der Waals surface area contributed by atoms with Crippen molar-refractivity contribution in [2.24, 2.45) is 11.1 Å². The van der Waals surface area contributed by atoms with E-state index in [1.807, 2.05) is 4.90 Å². The SMILES string of the molecule is CC1(C)CCN(C(=O)c2ccc(C#CCN)c(Cl)c2)C1. The fourth-order valence-electron chi connectivity index (χ4n) is 2.36. The summed E-state index contributed by atoms with van der Waals surface area (Å²) < 4.78 is 0. The van der Waals surface area contributed by atoms with E-state index in [2.05, 4.69) is 25.7 Å². The van der Waals surface area contributed by atoms with Gasteiger partial charge in [-0.25, -0.2) is 0 Å². The normalized spacial score (nSPS) is 16.7. The Bertz CT molecular complexity index is 584. The van der Waals surface area contributed by atoms with Gasteiger partial charge in [0.15, 0.2) is 0 Å². The molecule has 0 aromatic heterocycles. The average Bonchev–Trinajstić information content (AvgIpc) is 2.77. The average molecular weight is 291 g/mol. The van der Waals surface area contributed by atoms with Crippen LogP contribution in [0.3, 0.4) is 0 Å². The maximum absolute atomic E-state index is 12.4. The molecule has 1 amide bonds. The molecular formula is C16H19ClN2O. The van der Waals surface area contributed by atoms with Gasteiger partial charge in [0.2, 0.25) is 0 Å². The first-order valence-corrected chi connectivity index (χ1v) is 7.08. The van der Waals surface area contributed by atoms with E-state index in [1.165, 1.54) is 0 Å². The van der Waals surface area contributed by atoms with Gasteiger partial charge in [-0.15, -0.1) is 0 Å². The van der Waals surface area contributed by atoms with Gasteiger partial charge in [-0.05, 0) is 30.0 Å². The van der Waals surface area contributed by atoms with E-state index in [0.29, 0.717) is 22.7 Å². The second kappa shape index (κ2) is 5.87. The summed E-state index contributed by atoms with van der Waals surface area (Å²) >= 11 is 6.16. The molecule has 0 radical (unpaired) electrons. The Morgan fingerprint density at radius 2 is 2.25 bits per heavy atom.